The second-order valence-corrected chi connectivity index (χ2v) is 8.68. The van der Waals surface area contributed by atoms with Crippen molar-refractivity contribution in [3.8, 4) is 0 Å². The van der Waals surface area contributed by atoms with E-state index < -0.39 is 0 Å². The molecule has 154 valence electrons. The van der Waals surface area contributed by atoms with Crippen LogP contribution in [0.3, 0.4) is 0 Å². The molecule has 0 spiro atoms. The molecule has 0 unspecified atom stereocenters. The predicted octanol–water partition coefficient (Wildman–Crippen LogP) is 4.60. The lowest BCUT2D eigenvalue weighted by molar-refractivity contribution is -0.113. The number of thioether (sulfide) groups is 1. The van der Waals surface area contributed by atoms with Gasteiger partial charge < -0.3 is 10.2 Å². The van der Waals surface area contributed by atoms with Gasteiger partial charge in [-0.3, -0.25) is 9.20 Å². The lowest BCUT2D eigenvalue weighted by atomic mass is 10.0. The Morgan fingerprint density at radius 3 is 2.37 bits per heavy atom. The van der Waals surface area contributed by atoms with E-state index in [4.69, 9.17) is 0 Å². The Morgan fingerprint density at radius 1 is 1.00 bits per heavy atom. The van der Waals surface area contributed by atoms with Crippen LogP contribution in [0.2, 0.25) is 0 Å². The number of hydrogen-bond acceptors (Lipinski definition) is 5. The van der Waals surface area contributed by atoms with Gasteiger partial charge in [-0.25, -0.2) is 0 Å². The first kappa shape index (κ1) is 20.2. The van der Waals surface area contributed by atoms with Crippen LogP contribution in [0.5, 0.6) is 0 Å². The topological polar surface area (TPSA) is 62.5 Å². The maximum Gasteiger partial charge on any atom is 0.234 e. The summed E-state index contributed by atoms with van der Waals surface area (Å²) in [6.45, 7) is 6.26. The Labute approximate surface area is 180 Å². The van der Waals surface area contributed by atoms with E-state index in [0.29, 0.717) is 0 Å². The van der Waals surface area contributed by atoms with E-state index in [1.165, 1.54) is 22.9 Å². The van der Waals surface area contributed by atoms with E-state index in [1.54, 1.807) is 0 Å². The summed E-state index contributed by atoms with van der Waals surface area (Å²) < 4.78 is 2.06. The lowest BCUT2D eigenvalue weighted by Crippen LogP contribution is -2.14. The summed E-state index contributed by atoms with van der Waals surface area (Å²) in [6, 6.07) is 14.3. The van der Waals surface area contributed by atoms with Crippen molar-refractivity contribution in [2.45, 2.75) is 25.9 Å². The van der Waals surface area contributed by atoms with E-state index in [9.17, 15) is 4.79 Å². The normalized spacial score (nSPS) is 11.2. The standard InChI is InChI=1S/C23H25N5OS/c1-14-10-17-11-16(3)22-25-26-23(28(22)20(17)12-15(14)2)30-13-21(29)24-18-6-8-19(9-7-18)27(4)5/h6-12H,13H2,1-5H3,(H,24,29). The van der Waals surface area contributed by atoms with Crippen LogP contribution >= 0.6 is 11.8 Å². The van der Waals surface area contributed by atoms with Gasteiger partial charge in [-0.05, 0) is 85.3 Å². The van der Waals surface area contributed by atoms with Crippen molar-refractivity contribution < 1.29 is 4.79 Å². The number of pyridine rings is 1. The third-order valence-corrected chi connectivity index (χ3v) is 6.17. The van der Waals surface area contributed by atoms with Gasteiger partial charge in [-0.2, -0.15) is 0 Å². The van der Waals surface area contributed by atoms with Gasteiger partial charge in [0.1, 0.15) is 0 Å². The Balaban J connectivity index is 1.56. The van der Waals surface area contributed by atoms with Crippen molar-refractivity contribution in [3.63, 3.8) is 0 Å². The quantitative estimate of drug-likeness (QED) is 0.479. The molecule has 0 aliphatic heterocycles. The largest absolute Gasteiger partial charge is 0.378 e. The number of anilines is 2. The van der Waals surface area contributed by atoms with E-state index in [0.717, 1.165) is 38.6 Å². The molecule has 2 heterocycles. The maximum absolute atomic E-state index is 12.5. The average Bonchev–Trinajstić information content (AvgIpc) is 3.13. The number of aryl methyl sites for hydroxylation is 3. The molecule has 6 nitrogen and oxygen atoms in total. The maximum atomic E-state index is 12.5. The highest BCUT2D eigenvalue weighted by atomic mass is 32.2. The predicted molar refractivity (Wildman–Crippen MR) is 125 cm³/mol. The highest BCUT2D eigenvalue weighted by Gasteiger charge is 2.14. The van der Waals surface area contributed by atoms with Crippen LogP contribution in [-0.4, -0.2) is 40.4 Å². The molecule has 0 atom stereocenters. The summed E-state index contributed by atoms with van der Waals surface area (Å²) in [5, 5.41) is 13.5. The van der Waals surface area contributed by atoms with Crippen molar-refractivity contribution in [1.82, 2.24) is 14.6 Å². The molecule has 2 aromatic carbocycles. The van der Waals surface area contributed by atoms with E-state index in [-0.39, 0.29) is 11.7 Å². The third kappa shape index (κ3) is 3.85. The minimum atomic E-state index is -0.0710. The minimum Gasteiger partial charge on any atom is -0.378 e. The van der Waals surface area contributed by atoms with Crippen LogP contribution in [0.4, 0.5) is 11.4 Å². The minimum absolute atomic E-state index is 0.0710. The number of nitrogens with zero attached hydrogens (tertiary/aromatic N) is 4. The number of amides is 1. The summed E-state index contributed by atoms with van der Waals surface area (Å²) in [6.07, 6.45) is 0. The van der Waals surface area contributed by atoms with Crippen LogP contribution in [0.15, 0.2) is 47.6 Å². The van der Waals surface area contributed by atoms with Crippen molar-refractivity contribution in [2.24, 2.45) is 0 Å². The molecule has 0 aliphatic rings. The van der Waals surface area contributed by atoms with Crippen LogP contribution in [-0.2, 0) is 4.79 Å². The van der Waals surface area contributed by atoms with Crippen molar-refractivity contribution in [1.29, 1.82) is 0 Å². The smallest absolute Gasteiger partial charge is 0.234 e. The molecule has 0 radical (unpaired) electrons. The van der Waals surface area contributed by atoms with Crippen LogP contribution in [0, 0.1) is 20.8 Å². The van der Waals surface area contributed by atoms with Crippen molar-refractivity contribution in [2.75, 3.05) is 30.1 Å². The summed E-state index contributed by atoms with van der Waals surface area (Å²) >= 11 is 1.39. The molecule has 0 bridgehead atoms. The molecular weight excluding hydrogens is 394 g/mol. The van der Waals surface area contributed by atoms with Gasteiger partial charge in [0.05, 0.1) is 11.3 Å². The zero-order chi connectivity index (χ0) is 21.4. The second kappa shape index (κ2) is 7.99. The molecule has 0 saturated heterocycles. The molecule has 30 heavy (non-hydrogen) atoms. The first-order valence-corrected chi connectivity index (χ1v) is 10.8. The Morgan fingerprint density at radius 2 is 1.67 bits per heavy atom. The summed E-state index contributed by atoms with van der Waals surface area (Å²) in [4.78, 5) is 14.5. The first-order chi connectivity index (χ1) is 14.3. The zero-order valence-corrected chi connectivity index (χ0v) is 18.7. The van der Waals surface area contributed by atoms with Crippen molar-refractivity contribution in [3.05, 3.63) is 59.2 Å². The highest BCUT2D eigenvalue weighted by molar-refractivity contribution is 7.99. The molecule has 2 aromatic heterocycles. The number of hydrogen-bond donors (Lipinski definition) is 1. The number of carbonyl (C=O) groups is 1. The van der Waals surface area contributed by atoms with Gasteiger partial charge in [0.15, 0.2) is 10.8 Å². The van der Waals surface area contributed by atoms with Gasteiger partial charge >= 0.3 is 0 Å². The van der Waals surface area contributed by atoms with Crippen LogP contribution in [0.1, 0.15) is 16.7 Å². The number of rotatable bonds is 5. The second-order valence-electron chi connectivity index (χ2n) is 7.74. The SMILES string of the molecule is Cc1cc2cc(C)c3nnc(SCC(=O)Nc4ccc(N(C)C)cc4)n3c2cc1C. The van der Waals surface area contributed by atoms with E-state index in [1.807, 2.05) is 50.2 Å². The summed E-state index contributed by atoms with van der Waals surface area (Å²) in [5.74, 6) is 0.189. The number of carbonyl (C=O) groups excluding carboxylic acids is 1. The lowest BCUT2D eigenvalue weighted by Gasteiger charge is -2.13. The van der Waals surface area contributed by atoms with E-state index >= 15 is 0 Å². The molecule has 4 rings (SSSR count). The third-order valence-electron chi connectivity index (χ3n) is 5.24. The highest BCUT2D eigenvalue weighted by Crippen LogP contribution is 2.27. The van der Waals surface area contributed by atoms with Crippen LogP contribution < -0.4 is 10.2 Å². The van der Waals surface area contributed by atoms with Gasteiger partial charge in [-0.15, -0.1) is 10.2 Å². The Kier molecular flexibility index (Phi) is 5.39. The monoisotopic (exact) mass is 419 g/mol. The molecule has 4 aromatic rings. The molecule has 0 fully saturated rings. The molecule has 1 amide bonds. The Bertz CT molecular complexity index is 1240. The molecule has 0 aliphatic carbocycles. The van der Waals surface area contributed by atoms with Gasteiger partial charge in [0.2, 0.25) is 5.91 Å². The van der Waals surface area contributed by atoms with E-state index in [2.05, 4.69) is 52.0 Å². The average molecular weight is 420 g/mol. The summed E-state index contributed by atoms with van der Waals surface area (Å²) in [7, 11) is 3.97. The molecule has 0 saturated carbocycles. The van der Waals surface area contributed by atoms with Gasteiger partial charge in [-0.1, -0.05) is 11.8 Å². The fourth-order valence-electron chi connectivity index (χ4n) is 3.44. The molecule has 1 N–H and O–H groups in total. The van der Waals surface area contributed by atoms with Gasteiger partial charge in [0.25, 0.3) is 0 Å². The number of fused-ring (bicyclic) bond motifs is 3. The van der Waals surface area contributed by atoms with Crippen molar-refractivity contribution >= 4 is 45.6 Å². The van der Waals surface area contributed by atoms with Gasteiger partial charge in [0, 0.05) is 25.5 Å². The number of aromatic nitrogens is 3. The molecular formula is C23H25N5OS. The number of benzene rings is 2. The molecule has 7 heteroatoms. The number of nitrogens with one attached hydrogen (secondary N) is 1. The summed E-state index contributed by atoms with van der Waals surface area (Å²) in [5.41, 5.74) is 7.29. The van der Waals surface area contributed by atoms with Crippen LogP contribution in [0.25, 0.3) is 16.6 Å². The Hall–Kier alpha value is -3.06. The first-order valence-electron chi connectivity index (χ1n) is 9.79. The fourth-order valence-corrected chi connectivity index (χ4v) is 4.18. The fraction of sp³-hybridized carbons (Fsp3) is 0.261. The zero-order valence-electron chi connectivity index (χ0n) is 17.9.